The summed E-state index contributed by atoms with van der Waals surface area (Å²) in [6.45, 7) is 0.959. The van der Waals surface area contributed by atoms with Crippen molar-refractivity contribution in [2.45, 2.75) is 6.04 Å². The van der Waals surface area contributed by atoms with Crippen molar-refractivity contribution in [2.75, 3.05) is 6.54 Å². The van der Waals surface area contributed by atoms with E-state index in [9.17, 15) is 0 Å². The Morgan fingerprint density at radius 2 is 2.00 bits per heavy atom. The smallest absolute Gasteiger partial charge is 0.128 e. The number of fused-ring (bicyclic) bond motifs is 1. The summed E-state index contributed by atoms with van der Waals surface area (Å²) in [5.74, 6) is 1.08. The lowest BCUT2D eigenvalue weighted by Crippen LogP contribution is -2.21. The molecule has 1 atom stereocenters. The van der Waals surface area contributed by atoms with Crippen molar-refractivity contribution in [1.29, 1.82) is 0 Å². The molecule has 0 spiro atoms. The van der Waals surface area contributed by atoms with Crippen LogP contribution in [0.4, 0.5) is 0 Å². The lowest BCUT2D eigenvalue weighted by atomic mass is 10.1. The molecular weight excluding hydrogens is 184 g/mol. The molecule has 2 heteroatoms. The van der Waals surface area contributed by atoms with Crippen LogP contribution in [0.1, 0.15) is 11.6 Å². The van der Waals surface area contributed by atoms with Crippen molar-refractivity contribution >= 4 is 5.84 Å². The summed E-state index contributed by atoms with van der Waals surface area (Å²) in [4.78, 5) is 6.88. The quantitative estimate of drug-likeness (QED) is 0.674. The van der Waals surface area contributed by atoms with Crippen LogP contribution in [0.2, 0.25) is 0 Å². The fourth-order valence-corrected chi connectivity index (χ4v) is 1.98. The van der Waals surface area contributed by atoms with Crippen molar-refractivity contribution in [3.63, 3.8) is 0 Å². The highest BCUT2D eigenvalue weighted by Gasteiger charge is 2.23. The molecule has 2 aliphatic heterocycles. The van der Waals surface area contributed by atoms with Gasteiger partial charge >= 0.3 is 0 Å². The summed E-state index contributed by atoms with van der Waals surface area (Å²) >= 11 is 0. The number of hydrogen-bond donors (Lipinski definition) is 0. The fourth-order valence-electron chi connectivity index (χ4n) is 1.98. The number of aliphatic imine (C=N–C) groups is 1. The van der Waals surface area contributed by atoms with Gasteiger partial charge in [0.1, 0.15) is 5.84 Å². The van der Waals surface area contributed by atoms with Gasteiger partial charge < -0.3 is 4.90 Å². The molecule has 2 heterocycles. The van der Waals surface area contributed by atoms with Gasteiger partial charge in [-0.1, -0.05) is 36.4 Å². The Morgan fingerprint density at radius 3 is 2.80 bits per heavy atom. The van der Waals surface area contributed by atoms with Gasteiger partial charge in [0, 0.05) is 6.20 Å². The second kappa shape index (κ2) is 3.39. The standard InChI is InChI=1S/C13H12N2/c1-2-6-11(7-3-1)12-10-15-9-5-4-8-13(15)14-12/h1-9,12H,10H2/t12-/m0/s1. The Kier molecular flexibility index (Phi) is 1.91. The van der Waals surface area contributed by atoms with Gasteiger partial charge in [-0.05, 0) is 17.7 Å². The summed E-state index contributed by atoms with van der Waals surface area (Å²) < 4.78 is 0. The van der Waals surface area contributed by atoms with Crippen LogP contribution < -0.4 is 0 Å². The third kappa shape index (κ3) is 1.48. The SMILES string of the molecule is C1=CC2=N[C@H](c3ccccc3)CN2C=C1. The van der Waals surface area contributed by atoms with Gasteiger partial charge in [0.25, 0.3) is 0 Å². The first kappa shape index (κ1) is 8.48. The zero-order valence-electron chi connectivity index (χ0n) is 8.38. The van der Waals surface area contributed by atoms with Crippen LogP contribution in [0, 0.1) is 0 Å². The summed E-state index contributed by atoms with van der Waals surface area (Å²) in [5, 5.41) is 0. The molecule has 2 aliphatic rings. The van der Waals surface area contributed by atoms with Crippen LogP contribution >= 0.6 is 0 Å². The van der Waals surface area contributed by atoms with E-state index >= 15 is 0 Å². The summed E-state index contributed by atoms with van der Waals surface area (Å²) in [5.41, 5.74) is 1.29. The van der Waals surface area contributed by atoms with E-state index in [4.69, 9.17) is 0 Å². The molecule has 0 radical (unpaired) electrons. The molecule has 15 heavy (non-hydrogen) atoms. The van der Waals surface area contributed by atoms with E-state index in [2.05, 4.69) is 46.4 Å². The molecule has 1 aromatic rings. The highest BCUT2D eigenvalue weighted by molar-refractivity contribution is 5.96. The van der Waals surface area contributed by atoms with E-state index in [-0.39, 0.29) is 6.04 Å². The lowest BCUT2D eigenvalue weighted by molar-refractivity contribution is 0.550. The molecule has 0 aromatic heterocycles. The van der Waals surface area contributed by atoms with Gasteiger partial charge in [0.05, 0.1) is 12.6 Å². The molecule has 0 saturated heterocycles. The molecule has 0 amide bonds. The Hall–Kier alpha value is -1.83. The van der Waals surface area contributed by atoms with E-state index in [1.165, 1.54) is 5.56 Å². The van der Waals surface area contributed by atoms with E-state index in [1.807, 2.05) is 18.2 Å². The minimum Gasteiger partial charge on any atom is -0.331 e. The van der Waals surface area contributed by atoms with Gasteiger partial charge in [0.2, 0.25) is 0 Å². The van der Waals surface area contributed by atoms with Crippen LogP contribution in [0.15, 0.2) is 59.8 Å². The Balaban J connectivity index is 1.91. The lowest BCUT2D eigenvalue weighted by Gasteiger charge is -2.15. The molecular formula is C13H12N2. The molecule has 0 fully saturated rings. The van der Waals surface area contributed by atoms with Crippen LogP contribution in [0.5, 0.6) is 0 Å². The van der Waals surface area contributed by atoms with Crippen molar-refractivity contribution in [3.8, 4) is 0 Å². The van der Waals surface area contributed by atoms with E-state index < -0.39 is 0 Å². The average Bonchev–Trinajstić information content (AvgIpc) is 2.74. The summed E-state index contributed by atoms with van der Waals surface area (Å²) in [6, 6.07) is 10.7. The largest absolute Gasteiger partial charge is 0.331 e. The Labute approximate surface area is 89.3 Å². The van der Waals surface area contributed by atoms with Gasteiger partial charge in [-0.25, -0.2) is 0 Å². The predicted octanol–water partition coefficient (Wildman–Crippen LogP) is 2.53. The third-order valence-electron chi connectivity index (χ3n) is 2.76. The van der Waals surface area contributed by atoms with Gasteiger partial charge in [-0.3, -0.25) is 4.99 Å². The topological polar surface area (TPSA) is 15.6 Å². The minimum atomic E-state index is 0.286. The maximum Gasteiger partial charge on any atom is 0.128 e. The predicted molar refractivity (Wildman–Crippen MR) is 61.6 cm³/mol. The van der Waals surface area contributed by atoms with Crippen LogP contribution in [0.3, 0.4) is 0 Å². The van der Waals surface area contributed by atoms with Gasteiger partial charge in [-0.2, -0.15) is 0 Å². The second-order valence-corrected chi connectivity index (χ2v) is 3.77. The van der Waals surface area contributed by atoms with Crippen LogP contribution in [0.25, 0.3) is 0 Å². The Bertz CT molecular complexity index is 443. The summed E-state index contributed by atoms with van der Waals surface area (Å²) in [6.07, 6.45) is 8.22. The zero-order valence-corrected chi connectivity index (χ0v) is 8.38. The molecule has 74 valence electrons. The first-order chi connectivity index (χ1) is 7.43. The van der Waals surface area contributed by atoms with Crippen molar-refractivity contribution in [3.05, 3.63) is 60.3 Å². The molecule has 0 N–H and O–H groups in total. The highest BCUT2D eigenvalue weighted by Crippen LogP contribution is 2.26. The highest BCUT2D eigenvalue weighted by atomic mass is 15.2. The monoisotopic (exact) mass is 196 g/mol. The minimum absolute atomic E-state index is 0.286. The molecule has 0 saturated carbocycles. The summed E-state index contributed by atoms with van der Waals surface area (Å²) in [7, 11) is 0. The van der Waals surface area contributed by atoms with Crippen molar-refractivity contribution in [2.24, 2.45) is 4.99 Å². The van der Waals surface area contributed by atoms with Crippen LogP contribution in [-0.4, -0.2) is 17.3 Å². The van der Waals surface area contributed by atoms with E-state index in [0.717, 1.165) is 12.4 Å². The number of benzene rings is 1. The average molecular weight is 196 g/mol. The third-order valence-corrected chi connectivity index (χ3v) is 2.76. The van der Waals surface area contributed by atoms with E-state index in [1.54, 1.807) is 0 Å². The number of allylic oxidation sites excluding steroid dienone is 2. The van der Waals surface area contributed by atoms with Crippen molar-refractivity contribution in [1.82, 2.24) is 4.90 Å². The number of nitrogens with zero attached hydrogens (tertiary/aromatic N) is 2. The van der Waals surface area contributed by atoms with Gasteiger partial charge in [-0.15, -0.1) is 0 Å². The molecule has 0 bridgehead atoms. The second-order valence-electron chi connectivity index (χ2n) is 3.77. The number of hydrogen-bond acceptors (Lipinski definition) is 2. The maximum absolute atomic E-state index is 4.68. The Morgan fingerprint density at radius 1 is 1.13 bits per heavy atom. The maximum atomic E-state index is 4.68. The fraction of sp³-hybridized carbons (Fsp3) is 0.154. The first-order valence-corrected chi connectivity index (χ1v) is 5.18. The number of rotatable bonds is 1. The van der Waals surface area contributed by atoms with Crippen molar-refractivity contribution < 1.29 is 0 Å². The molecule has 3 rings (SSSR count). The first-order valence-electron chi connectivity index (χ1n) is 5.18. The molecule has 2 nitrogen and oxygen atoms in total. The molecule has 0 aliphatic carbocycles. The molecule has 0 unspecified atom stereocenters. The van der Waals surface area contributed by atoms with Gasteiger partial charge in [0.15, 0.2) is 0 Å². The van der Waals surface area contributed by atoms with Crippen LogP contribution in [-0.2, 0) is 0 Å². The molecule has 1 aromatic carbocycles. The van der Waals surface area contributed by atoms with E-state index in [0.29, 0.717) is 0 Å². The zero-order chi connectivity index (χ0) is 10.1. The normalized spacial score (nSPS) is 22.8. The number of amidine groups is 1.